The van der Waals surface area contributed by atoms with Crippen molar-refractivity contribution in [3.63, 3.8) is 0 Å². The van der Waals surface area contributed by atoms with Gasteiger partial charge in [-0.1, -0.05) is 27.7 Å². The molecule has 0 rings (SSSR count). The van der Waals surface area contributed by atoms with E-state index in [1.165, 1.54) is 12.8 Å². The van der Waals surface area contributed by atoms with E-state index in [0.29, 0.717) is 30.3 Å². The van der Waals surface area contributed by atoms with Crippen molar-refractivity contribution in [3.05, 3.63) is 0 Å². The Balaban J connectivity index is 4.56. The largest absolute Gasteiger partial charge is 0.388 e. The summed E-state index contributed by atoms with van der Waals surface area (Å²) in [5.41, 5.74) is 5.50. The number of nitrogens with one attached hydrogen (secondary N) is 1. The summed E-state index contributed by atoms with van der Waals surface area (Å²) in [6, 6.07) is 1.00. The average Bonchev–Trinajstić information content (AvgIpc) is 2.16. The monoisotopic (exact) mass is 227 g/mol. The predicted molar refractivity (Wildman–Crippen MR) is 71.9 cm³/mol. The van der Waals surface area contributed by atoms with E-state index < -0.39 is 0 Å². The lowest BCUT2D eigenvalue weighted by molar-refractivity contribution is 0.121. The minimum absolute atomic E-state index is 0.298. The number of nitrogens with zero attached hydrogens (tertiary/aromatic N) is 1. The summed E-state index contributed by atoms with van der Waals surface area (Å²) in [5.74, 6) is 0.960. The summed E-state index contributed by atoms with van der Waals surface area (Å²) < 4.78 is 0. The Kier molecular flexibility index (Phi) is 7.39. The Morgan fingerprint density at radius 2 is 1.69 bits per heavy atom. The van der Waals surface area contributed by atoms with Crippen LogP contribution in [0.25, 0.3) is 0 Å². The third-order valence-electron chi connectivity index (χ3n) is 3.07. The summed E-state index contributed by atoms with van der Waals surface area (Å²) in [6.45, 7) is 12.2. The highest BCUT2D eigenvalue weighted by atomic mass is 15.2. The van der Waals surface area contributed by atoms with Gasteiger partial charge in [-0.2, -0.15) is 0 Å². The van der Waals surface area contributed by atoms with Crippen LogP contribution in [0, 0.1) is 11.3 Å². The second-order valence-corrected chi connectivity index (χ2v) is 5.14. The van der Waals surface area contributed by atoms with E-state index in [1.807, 2.05) is 0 Å². The number of rotatable bonds is 8. The highest BCUT2D eigenvalue weighted by Crippen LogP contribution is 2.16. The molecule has 1 atom stereocenters. The van der Waals surface area contributed by atoms with Crippen LogP contribution in [0.15, 0.2) is 0 Å². The van der Waals surface area contributed by atoms with E-state index in [2.05, 4.69) is 39.5 Å². The van der Waals surface area contributed by atoms with Gasteiger partial charge in [0.15, 0.2) is 0 Å². The Morgan fingerprint density at radius 3 is 2.00 bits per heavy atom. The van der Waals surface area contributed by atoms with Gasteiger partial charge >= 0.3 is 0 Å². The summed E-state index contributed by atoms with van der Waals surface area (Å²) in [6.07, 6.45) is 3.03. The lowest BCUT2D eigenvalue weighted by atomic mass is 10.0. The van der Waals surface area contributed by atoms with E-state index >= 15 is 0 Å². The fourth-order valence-corrected chi connectivity index (χ4v) is 2.30. The molecule has 0 saturated heterocycles. The molecule has 0 aromatic rings. The second-order valence-electron chi connectivity index (χ2n) is 5.14. The van der Waals surface area contributed by atoms with Crippen LogP contribution < -0.4 is 5.73 Å². The van der Waals surface area contributed by atoms with Gasteiger partial charge in [0.2, 0.25) is 0 Å². The van der Waals surface area contributed by atoms with E-state index in [-0.39, 0.29) is 0 Å². The van der Waals surface area contributed by atoms with Crippen LogP contribution in [0.2, 0.25) is 0 Å². The highest BCUT2D eigenvalue weighted by Gasteiger charge is 2.22. The van der Waals surface area contributed by atoms with Gasteiger partial charge in [0.05, 0.1) is 5.84 Å². The zero-order valence-corrected chi connectivity index (χ0v) is 11.6. The molecular formula is C13H29N3. The first kappa shape index (κ1) is 15.4. The Bertz CT molecular complexity index is 197. The number of hydrogen-bond acceptors (Lipinski definition) is 2. The number of nitrogens with two attached hydrogens (primary N) is 1. The van der Waals surface area contributed by atoms with Gasteiger partial charge in [-0.3, -0.25) is 10.3 Å². The highest BCUT2D eigenvalue weighted by molar-refractivity contribution is 5.77. The molecule has 16 heavy (non-hydrogen) atoms. The van der Waals surface area contributed by atoms with Crippen LogP contribution in [0.4, 0.5) is 0 Å². The van der Waals surface area contributed by atoms with Gasteiger partial charge in [-0.05, 0) is 25.7 Å². The molecule has 0 aliphatic heterocycles. The smallest absolute Gasteiger partial charge is 0.0920 e. The molecular weight excluding hydrogens is 198 g/mol. The van der Waals surface area contributed by atoms with Gasteiger partial charge < -0.3 is 5.73 Å². The second kappa shape index (κ2) is 7.66. The maximum absolute atomic E-state index is 7.41. The molecule has 3 N–H and O–H groups in total. The van der Waals surface area contributed by atoms with Crippen molar-refractivity contribution in [1.29, 1.82) is 5.41 Å². The van der Waals surface area contributed by atoms with E-state index in [9.17, 15) is 0 Å². The topological polar surface area (TPSA) is 53.1 Å². The van der Waals surface area contributed by atoms with Gasteiger partial charge in [0, 0.05) is 25.0 Å². The van der Waals surface area contributed by atoms with Gasteiger partial charge in [-0.25, -0.2) is 0 Å². The van der Waals surface area contributed by atoms with Crippen molar-refractivity contribution in [2.24, 2.45) is 11.7 Å². The maximum atomic E-state index is 7.41. The van der Waals surface area contributed by atoms with Crippen molar-refractivity contribution in [2.75, 3.05) is 6.54 Å². The molecule has 3 heteroatoms. The average molecular weight is 227 g/mol. The lowest BCUT2D eigenvalue weighted by Gasteiger charge is -2.37. The van der Waals surface area contributed by atoms with E-state index in [1.54, 1.807) is 0 Å². The zero-order valence-electron chi connectivity index (χ0n) is 11.6. The molecule has 0 amide bonds. The first-order chi connectivity index (χ1) is 7.42. The predicted octanol–water partition coefficient (Wildman–Crippen LogP) is 2.85. The number of amidine groups is 1. The normalized spacial score (nSPS) is 13.8. The lowest BCUT2D eigenvalue weighted by Crippen LogP contribution is -2.44. The fraction of sp³-hybridized carbons (Fsp3) is 0.923. The zero-order chi connectivity index (χ0) is 12.7. The molecule has 0 aromatic heterocycles. The van der Waals surface area contributed by atoms with Gasteiger partial charge in [-0.15, -0.1) is 0 Å². The fourth-order valence-electron chi connectivity index (χ4n) is 2.30. The van der Waals surface area contributed by atoms with Crippen LogP contribution in [0.3, 0.4) is 0 Å². The molecule has 0 aromatic carbocycles. The quantitative estimate of drug-likeness (QED) is 0.495. The summed E-state index contributed by atoms with van der Waals surface area (Å²) >= 11 is 0. The molecule has 0 spiro atoms. The van der Waals surface area contributed by atoms with Crippen molar-refractivity contribution >= 4 is 5.84 Å². The Labute approximate surface area is 101 Å². The summed E-state index contributed by atoms with van der Waals surface area (Å²) in [4.78, 5) is 2.52. The molecule has 0 fully saturated rings. The Morgan fingerprint density at radius 1 is 1.19 bits per heavy atom. The van der Waals surface area contributed by atoms with E-state index in [0.717, 1.165) is 6.54 Å². The van der Waals surface area contributed by atoms with Crippen LogP contribution in [-0.2, 0) is 0 Å². The van der Waals surface area contributed by atoms with Crippen molar-refractivity contribution in [1.82, 2.24) is 4.90 Å². The molecule has 96 valence electrons. The molecule has 0 bridgehead atoms. The molecule has 3 nitrogen and oxygen atoms in total. The van der Waals surface area contributed by atoms with Crippen LogP contribution >= 0.6 is 0 Å². The molecule has 0 aliphatic carbocycles. The SMILES string of the molecule is CCC(CC)N(CC(C)C)C(C)CC(=N)N. The molecule has 0 aliphatic rings. The third-order valence-corrected chi connectivity index (χ3v) is 3.07. The first-order valence-corrected chi connectivity index (χ1v) is 6.50. The van der Waals surface area contributed by atoms with Gasteiger partial charge in [0.1, 0.15) is 0 Å². The standard InChI is InChI=1S/C13H29N3/c1-6-12(7-2)16(9-10(3)4)11(5)8-13(14)15/h10-12H,6-9H2,1-5H3,(H3,14,15). The molecule has 1 unspecified atom stereocenters. The maximum Gasteiger partial charge on any atom is 0.0920 e. The van der Waals surface area contributed by atoms with E-state index in [4.69, 9.17) is 11.1 Å². The number of hydrogen-bond donors (Lipinski definition) is 2. The molecule has 0 saturated carbocycles. The summed E-state index contributed by atoms with van der Waals surface area (Å²) in [7, 11) is 0. The molecule has 0 heterocycles. The summed E-state index contributed by atoms with van der Waals surface area (Å²) in [5, 5.41) is 7.41. The van der Waals surface area contributed by atoms with Gasteiger partial charge in [0.25, 0.3) is 0 Å². The molecule has 0 radical (unpaired) electrons. The van der Waals surface area contributed by atoms with Crippen LogP contribution in [0.1, 0.15) is 53.9 Å². The first-order valence-electron chi connectivity index (χ1n) is 6.50. The Hall–Kier alpha value is -0.570. The van der Waals surface area contributed by atoms with Crippen molar-refractivity contribution in [2.45, 2.75) is 66.0 Å². The minimum atomic E-state index is 0.298. The third kappa shape index (κ3) is 5.50. The minimum Gasteiger partial charge on any atom is -0.388 e. The van der Waals surface area contributed by atoms with Crippen molar-refractivity contribution < 1.29 is 0 Å². The van der Waals surface area contributed by atoms with Crippen molar-refractivity contribution in [3.8, 4) is 0 Å². The van der Waals surface area contributed by atoms with Crippen LogP contribution in [0.5, 0.6) is 0 Å². The van der Waals surface area contributed by atoms with Crippen LogP contribution in [-0.4, -0.2) is 29.4 Å².